The highest BCUT2D eigenvalue weighted by Crippen LogP contribution is 2.62. The summed E-state index contributed by atoms with van der Waals surface area (Å²) in [6.45, 7) is 20.7. The molecule has 5 aliphatic rings. The van der Waals surface area contributed by atoms with Gasteiger partial charge >= 0.3 is 0 Å². The van der Waals surface area contributed by atoms with Gasteiger partial charge in [0.1, 0.15) is 0 Å². The van der Waals surface area contributed by atoms with Crippen molar-refractivity contribution in [2.24, 2.45) is 0 Å². The predicted octanol–water partition coefficient (Wildman–Crippen LogP) is 18.6. The van der Waals surface area contributed by atoms with Crippen LogP contribution >= 0.6 is 11.3 Å². The fourth-order valence-electron chi connectivity index (χ4n) is 15.5. The fourth-order valence-corrected chi connectivity index (χ4v) is 16.5. The van der Waals surface area contributed by atoms with E-state index in [0.717, 1.165) is 28.4 Å². The average molecular weight is 1160 g/mol. The van der Waals surface area contributed by atoms with Crippen molar-refractivity contribution in [1.29, 1.82) is 0 Å². The maximum Gasteiger partial charge on any atom is 0.252 e. The number of hydrogen-bond donors (Lipinski definition) is 0. The van der Waals surface area contributed by atoms with Crippen LogP contribution in [-0.2, 0) is 10.8 Å². The zero-order valence-electron chi connectivity index (χ0n) is 51.9. The summed E-state index contributed by atoms with van der Waals surface area (Å²) in [6, 6.07) is 92.3. The molecule has 5 aliphatic heterocycles. The molecule has 12 aromatic rings. The van der Waals surface area contributed by atoms with Crippen LogP contribution in [0.5, 0.6) is 0 Å². The fraction of sp³-hybridized carbons (Fsp3) is 0.136. The lowest BCUT2D eigenvalue weighted by atomic mass is 9.30. The van der Waals surface area contributed by atoms with E-state index in [-0.39, 0.29) is 24.3 Å². The highest BCUT2D eigenvalue weighted by Gasteiger charge is 2.53. The van der Waals surface area contributed by atoms with E-state index in [1.54, 1.807) is 0 Å². The van der Waals surface area contributed by atoms with Crippen molar-refractivity contribution in [2.75, 3.05) is 24.5 Å². The lowest BCUT2D eigenvalue weighted by Crippen LogP contribution is -2.65. The molecule has 1 aromatic heterocycles. The number of rotatable bonds is 7. The zero-order valence-corrected chi connectivity index (χ0v) is 52.7. The summed E-state index contributed by atoms with van der Waals surface area (Å²) in [4.78, 5) is 15.7. The van der Waals surface area contributed by atoms with Crippen LogP contribution in [-0.4, -0.2) is 13.4 Å². The van der Waals surface area contributed by atoms with E-state index < -0.39 is 0 Å². The minimum Gasteiger partial charge on any atom is -0.311 e. The maximum absolute atomic E-state index is 2.74. The van der Waals surface area contributed by atoms with Gasteiger partial charge in [0.2, 0.25) is 0 Å². The molecule has 0 N–H and O–H groups in total. The molecule has 0 radical (unpaired) electrons. The van der Waals surface area contributed by atoms with Gasteiger partial charge in [-0.1, -0.05) is 199 Å². The number of aryl methyl sites for hydroxylation is 3. The molecule has 0 aliphatic carbocycles. The molecule has 17 rings (SSSR count). The first-order valence-electron chi connectivity index (χ1n) is 31.5. The third kappa shape index (κ3) is 8.08. The number of hydrogen-bond acceptors (Lipinski definition) is 6. The van der Waals surface area contributed by atoms with Crippen molar-refractivity contribution in [3.63, 3.8) is 0 Å². The maximum atomic E-state index is 2.74. The lowest BCUT2D eigenvalue weighted by Gasteiger charge is -2.52. The smallest absolute Gasteiger partial charge is 0.252 e. The van der Waals surface area contributed by atoms with Crippen LogP contribution in [0.15, 0.2) is 243 Å². The quantitative estimate of drug-likeness (QED) is 0.147. The normalized spacial score (nSPS) is 13.8. The van der Waals surface area contributed by atoms with Crippen molar-refractivity contribution >= 4 is 143 Å². The standard InChI is InChI=1S/C81H67B2N5S/c1-50-44-70-74-71(45-50)87-76-51(2)89-52(3)77(76)88-73-49-63(84(59-26-18-12-19-27-59)60-28-20-13-21-29-60)48-72-75(73)82(64-40-30-56(54-24-16-11-17-25-54)47-69(64)86(72)62-38-34-58(35-39-62)81(7,8)9)65-41-42-66(79(87)78(65)88)83(74)67-46-55(53-22-14-10-15-23-53)31-43-68(67)85(70)61-36-32-57(33-37-61)80(4,5)6/h10-49H,1-9H3. The third-order valence-corrected chi connectivity index (χ3v) is 20.5. The second-order valence-corrected chi connectivity index (χ2v) is 28.5. The first-order valence-corrected chi connectivity index (χ1v) is 32.3. The Bertz CT molecular complexity index is 4820. The minimum atomic E-state index is -0.120. The van der Waals surface area contributed by atoms with Crippen LogP contribution in [0.3, 0.4) is 0 Å². The summed E-state index contributed by atoms with van der Waals surface area (Å²) in [7, 11) is 0. The van der Waals surface area contributed by atoms with E-state index >= 15 is 0 Å². The molecule has 0 saturated carbocycles. The molecule has 0 atom stereocenters. The van der Waals surface area contributed by atoms with Crippen LogP contribution in [0.2, 0.25) is 0 Å². The largest absolute Gasteiger partial charge is 0.311 e. The Morgan fingerprint density at radius 1 is 0.315 bits per heavy atom. The van der Waals surface area contributed by atoms with Crippen LogP contribution in [0.1, 0.15) is 68.0 Å². The Hall–Kier alpha value is -9.75. The number of benzene rings is 11. The lowest BCUT2D eigenvalue weighted by molar-refractivity contribution is 0.590. The summed E-state index contributed by atoms with van der Waals surface area (Å²) >= 11 is 1.92. The first kappa shape index (κ1) is 53.5. The SMILES string of the molecule is Cc1cc2c3c(c1)N1c4c(ccc5c4N(c4cc(N(c6ccccc6)c6ccccc6)cc6c4B5c4ccc(-c5ccccc5)cc4N6c4ccc(C(C)(C)C)cc4)c4c(C)sc(C)c41)B3c1cc(-c3ccccc3)ccc1N2c1ccc(C(C)(C)C)cc1. The summed E-state index contributed by atoms with van der Waals surface area (Å²) < 4.78 is 0. The van der Waals surface area contributed by atoms with E-state index in [9.17, 15) is 0 Å². The minimum absolute atomic E-state index is 0.0174. The van der Waals surface area contributed by atoms with Crippen molar-refractivity contribution < 1.29 is 0 Å². The van der Waals surface area contributed by atoms with E-state index in [1.165, 1.54) is 138 Å². The summed E-state index contributed by atoms with van der Waals surface area (Å²) in [6.07, 6.45) is 0. The number of nitrogens with zero attached hydrogens (tertiary/aromatic N) is 5. The van der Waals surface area contributed by atoms with Gasteiger partial charge in [0, 0.05) is 66.6 Å². The number of para-hydroxylation sites is 2. The Kier molecular flexibility index (Phi) is 11.8. The average Bonchev–Trinajstić information content (AvgIpc) is 1.57. The molecule has 428 valence electrons. The van der Waals surface area contributed by atoms with Gasteiger partial charge in [0.25, 0.3) is 13.4 Å². The molecule has 0 unspecified atom stereocenters. The van der Waals surface area contributed by atoms with Gasteiger partial charge < -0.3 is 24.5 Å². The molecule has 5 nitrogen and oxygen atoms in total. The second-order valence-electron chi connectivity index (χ2n) is 27.1. The van der Waals surface area contributed by atoms with Crippen LogP contribution < -0.4 is 57.3 Å². The summed E-state index contributed by atoms with van der Waals surface area (Å²) in [5, 5.41) is 0. The van der Waals surface area contributed by atoms with Gasteiger partial charge in [-0.15, -0.1) is 11.3 Å². The Labute approximate surface area is 528 Å². The zero-order chi connectivity index (χ0) is 60.4. The van der Waals surface area contributed by atoms with Gasteiger partial charge in [0.05, 0.1) is 28.4 Å². The highest BCUT2D eigenvalue weighted by atomic mass is 32.1. The third-order valence-electron chi connectivity index (χ3n) is 19.5. The molecule has 0 spiro atoms. The highest BCUT2D eigenvalue weighted by molar-refractivity contribution is 7.13. The summed E-state index contributed by atoms with van der Waals surface area (Å²) in [5.74, 6) is 0. The Balaban J connectivity index is 0.987. The molecule has 11 aromatic carbocycles. The molecule has 6 heterocycles. The first-order chi connectivity index (χ1) is 43.2. The van der Waals surface area contributed by atoms with Gasteiger partial charge in [-0.25, -0.2) is 0 Å². The van der Waals surface area contributed by atoms with E-state index in [1.807, 2.05) is 11.3 Å². The van der Waals surface area contributed by atoms with Crippen molar-refractivity contribution in [1.82, 2.24) is 0 Å². The van der Waals surface area contributed by atoms with Gasteiger partial charge in [-0.2, -0.15) is 0 Å². The predicted molar refractivity (Wildman–Crippen MR) is 383 cm³/mol. The molecule has 8 heteroatoms. The van der Waals surface area contributed by atoms with Crippen molar-refractivity contribution in [3.8, 4) is 22.3 Å². The Morgan fingerprint density at radius 3 is 1.21 bits per heavy atom. The number of thiophene rings is 1. The van der Waals surface area contributed by atoms with E-state index in [2.05, 4.69) is 329 Å². The van der Waals surface area contributed by atoms with Crippen LogP contribution in [0, 0.1) is 20.8 Å². The van der Waals surface area contributed by atoms with Gasteiger partial charge in [0.15, 0.2) is 0 Å². The molecular weight excluding hydrogens is 1100 g/mol. The van der Waals surface area contributed by atoms with Gasteiger partial charge in [-0.05, 0) is 188 Å². The number of fused-ring (bicyclic) bond motifs is 11. The molecular formula is C81H67B2N5S. The Morgan fingerprint density at radius 2 is 0.719 bits per heavy atom. The molecule has 0 bridgehead atoms. The molecule has 0 amide bonds. The van der Waals surface area contributed by atoms with E-state index in [4.69, 9.17) is 0 Å². The van der Waals surface area contributed by atoms with Gasteiger partial charge in [-0.3, -0.25) is 0 Å². The van der Waals surface area contributed by atoms with E-state index in [0.29, 0.717) is 0 Å². The topological polar surface area (TPSA) is 16.2 Å². The van der Waals surface area contributed by atoms with Crippen LogP contribution in [0.4, 0.5) is 85.3 Å². The van der Waals surface area contributed by atoms with Crippen molar-refractivity contribution in [2.45, 2.75) is 73.1 Å². The molecule has 0 fully saturated rings. The van der Waals surface area contributed by atoms with Crippen LogP contribution in [0.25, 0.3) is 22.3 Å². The monoisotopic (exact) mass is 1160 g/mol. The van der Waals surface area contributed by atoms with Crippen molar-refractivity contribution in [3.05, 3.63) is 269 Å². The molecule has 89 heavy (non-hydrogen) atoms. The molecule has 0 saturated heterocycles. The number of anilines is 15. The second kappa shape index (κ2) is 19.6. The summed E-state index contributed by atoms with van der Waals surface area (Å²) in [5.41, 5.74) is 34.4.